The third-order valence-electron chi connectivity index (χ3n) is 1.71. The molecule has 0 aromatic heterocycles. The van der Waals surface area contributed by atoms with Crippen LogP contribution in [0.15, 0.2) is 0 Å². The lowest BCUT2D eigenvalue weighted by molar-refractivity contribution is -0.137. The Morgan fingerprint density at radius 2 is 1.62 bits per heavy atom. The van der Waals surface area contributed by atoms with Gasteiger partial charge in [-0.15, -0.1) is 0 Å². The molecule has 0 radical (unpaired) electrons. The Labute approximate surface area is 77.3 Å². The van der Waals surface area contributed by atoms with E-state index in [4.69, 9.17) is 10.9 Å². The van der Waals surface area contributed by atoms with E-state index in [1.807, 2.05) is 5.43 Å². The number of amides is 1. The van der Waals surface area contributed by atoms with Crippen molar-refractivity contribution in [2.24, 2.45) is 5.84 Å². The van der Waals surface area contributed by atoms with Gasteiger partial charge in [0.15, 0.2) is 0 Å². The van der Waals surface area contributed by atoms with Gasteiger partial charge in [-0.3, -0.25) is 15.0 Å². The van der Waals surface area contributed by atoms with Gasteiger partial charge in [0.2, 0.25) is 5.91 Å². The van der Waals surface area contributed by atoms with Gasteiger partial charge in [0, 0.05) is 12.8 Å². The summed E-state index contributed by atoms with van der Waals surface area (Å²) in [5.74, 6) is 3.94. The first-order valence-corrected chi connectivity index (χ1v) is 4.38. The summed E-state index contributed by atoms with van der Waals surface area (Å²) in [4.78, 5) is 20.7. The van der Waals surface area contributed by atoms with Gasteiger partial charge in [-0.25, -0.2) is 5.84 Å². The number of carboxylic acid groups (broad SMARTS) is 1. The minimum atomic E-state index is -0.764. The molecule has 0 aromatic rings. The molecule has 0 aliphatic rings. The number of hydrogen-bond donors (Lipinski definition) is 3. The zero-order valence-corrected chi connectivity index (χ0v) is 7.58. The van der Waals surface area contributed by atoms with Crippen LogP contribution in [0.4, 0.5) is 0 Å². The summed E-state index contributed by atoms with van der Waals surface area (Å²) in [6.07, 6.45) is 3.81. The molecule has 13 heavy (non-hydrogen) atoms. The maximum absolute atomic E-state index is 10.6. The molecule has 0 saturated carbocycles. The van der Waals surface area contributed by atoms with E-state index in [0.29, 0.717) is 12.8 Å². The number of rotatable bonds is 7. The van der Waals surface area contributed by atoms with Crippen molar-refractivity contribution < 1.29 is 14.7 Å². The SMILES string of the molecule is NNC(=O)CCCCCCC(=O)O. The molecule has 1 amide bonds. The lowest BCUT2D eigenvalue weighted by Gasteiger charge is -1.99. The first kappa shape index (κ1) is 11.9. The van der Waals surface area contributed by atoms with E-state index in [-0.39, 0.29) is 12.3 Å². The summed E-state index contributed by atoms with van der Waals surface area (Å²) in [5, 5.41) is 8.32. The fourth-order valence-electron chi connectivity index (χ4n) is 0.988. The van der Waals surface area contributed by atoms with Crippen molar-refractivity contribution in [2.75, 3.05) is 0 Å². The van der Waals surface area contributed by atoms with Crippen molar-refractivity contribution in [3.05, 3.63) is 0 Å². The van der Waals surface area contributed by atoms with Crippen LogP contribution >= 0.6 is 0 Å². The Hall–Kier alpha value is -1.10. The topological polar surface area (TPSA) is 92.4 Å². The normalized spacial score (nSPS) is 9.62. The second-order valence-corrected chi connectivity index (χ2v) is 2.88. The summed E-state index contributed by atoms with van der Waals surface area (Å²) in [6.45, 7) is 0. The zero-order valence-electron chi connectivity index (χ0n) is 7.58. The number of carbonyl (C=O) groups is 2. The molecule has 0 heterocycles. The van der Waals surface area contributed by atoms with Gasteiger partial charge in [-0.2, -0.15) is 0 Å². The third kappa shape index (κ3) is 8.81. The molecule has 0 bridgehead atoms. The lowest BCUT2D eigenvalue weighted by atomic mass is 10.1. The standard InChI is InChI=1S/C8H16N2O3/c9-10-7(11)5-3-1-2-4-6-8(12)13/h1-6,9H2,(H,10,11)(H,12,13). The van der Waals surface area contributed by atoms with Crippen LogP contribution in [0.25, 0.3) is 0 Å². The highest BCUT2D eigenvalue weighted by Gasteiger charge is 1.99. The molecule has 0 unspecified atom stereocenters. The van der Waals surface area contributed by atoms with E-state index in [1.54, 1.807) is 0 Å². The second kappa shape index (κ2) is 7.54. The smallest absolute Gasteiger partial charge is 0.303 e. The predicted octanol–water partition coefficient (Wildman–Crippen LogP) is 0.401. The lowest BCUT2D eigenvalue weighted by Crippen LogP contribution is -2.29. The quantitative estimate of drug-likeness (QED) is 0.233. The molecule has 0 aromatic carbocycles. The first-order chi connectivity index (χ1) is 6.16. The molecule has 0 fully saturated rings. The number of carbonyl (C=O) groups excluding carboxylic acids is 1. The Kier molecular flexibility index (Phi) is 6.91. The van der Waals surface area contributed by atoms with E-state index >= 15 is 0 Å². The van der Waals surface area contributed by atoms with E-state index < -0.39 is 5.97 Å². The van der Waals surface area contributed by atoms with Crippen molar-refractivity contribution >= 4 is 11.9 Å². The number of nitrogens with one attached hydrogen (secondary N) is 1. The molecular weight excluding hydrogens is 172 g/mol. The van der Waals surface area contributed by atoms with Gasteiger partial charge in [-0.1, -0.05) is 12.8 Å². The van der Waals surface area contributed by atoms with Crippen LogP contribution in [0.1, 0.15) is 38.5 Å². The highest BCUT2D eigenvalue weighted by molar-refractivity contribution is 5.75. The Morgan fingerprint density at radius 1 is 1.08 bits per heavy atom. The average molecular weight is 188 g/mol. The van der Waals surface area contributed by atoms with Crippen LogP contribution in [0.3, 0.4) is 0 Å². The maximum Gasteiger partial charge on any atom is 0.303 e. The van der Waals surface area contributed by atoms with Crippen LogP contribution in [0.5, 0.6) is 0 Å². The highest BCUT2D eigenvalue weighted by Crippen LogP contribution is 2.04. The molecule has 5 nitrogen and oxygen atoms in total. The van der Waals surface area contributed by atoms with Gasteiger partial charge >= 0.3 is 5.97 Å². The molecule has 0 saturated heterocycles. The number of aliphatic carboxylic acids is 1. The Bertz CT molecular complexity index is 171. The van der Waals surface area contributed by atoms with Crippen LogP contribution in [-0.2, 0) is 9.59 Å². The van der Waals surface area contributed by atoms with Crippen molar-refractivity contribution in [2.45, 2.75) is 38.5 Å². The number of carboxylic acids is 1. The van der Waals surface area contributed by atoms with Crippen LogP contribution in [0, 0.1) is 0 Å². The monoisotopic (exact) mass is 188 g/mol. The minimum absolute atomic E-state index is 0.168. The Balaban J connectivity index is 3.08. The van der Waals surface area contributed by atoms with Crippen molar-refractivity contribution in [3.8, 4) is 0 Å². The fourth-order valence-corrected chi connectivity index (χ4v) is 0.988. The molecule has 0 spiro atoms. The molecule has 0 rings (SSSR count). The van der Waals surface area contributed by atoms with Crippen molar-refractivity contribution in [3.63, 3.8) is 0 Å². The van der Waals surface area contributed by atoms with E-state index in [1.165, 1.54) is 0 Å². The molecular formula is C8H16N2O3. The second-order valence-electron chi connectivity index (χ2n) is 2.88. The van der Waals surface area contributed by atoms with Gasteiger partial charge in [0.1, 0.15) is 0 Å². The predicted molar refractivity (Wildman–Crippen MR) is 47.7 cm³/mol. The highest BCUT2D eigenvalue weighted by atomic mass is 16.4. The maximum atomic E-state index is 10.6. The minimum Gasteiger partial charge on any atom is -0.481 e. The van der Waals surface area contributed by atoms with E-state index in [2.05, 4.69) is 0 Å². The Morgan fingerprint density at radius 3 is 2.08 bits per heavy atom. The first-order valence-electron chi connectivity index (χ1n) is 4.38. The summed E-state index contributed by atoms with van der Waals surface area (Å²) in [5.41, 5.74) is 2.04. The molecule has 0 atom stereocenters. The average Bonchev–Trinajstić information content (AvgIpc) is 2.10. The van der Waals surface area contributed by atoms with Gasteiger partial charge in [-0.05, 0) is 12.8 Å². The molecule has 5 heteroatoms. The third-order valence-corrected chi connectivity index (χ3v) is 1.71. The van der Waals surface area contributed by atoms with Crippen molar-refractivity contribution in [1.29, 1.82) is 0 Å². The fraction of sp³-hybridized carbons (Fsp3) is 0.750. The number of unbranched alkanes of at least 4 members (excludes halogenated alkanes) is 3. The number of hydrogen-bond acceptors (Lipinski definition) is 3. The van der Waals surface area contributed by atoms with E-state index in [0.717, 1.165) is 19.3 Å². The van der Waals surface area contributed by atoms with Gasteiger partial charge in [0.05, 0.1) is 0 Å². The molecule has 0 aliphatic heterocycles. The zero-order chi connectivity index (χ0) is 10.1. The number of nitrogens with two attached hydrogens (primary N) is 1. The molecule has 76 valence electrons. The van der Waals surface area contributed by atoms with Crippen LogP contribution < -0.4 is 11.3 Å². The van der Waals surface area contributed by atoms with Gasteiger partial charge in [0.25, 0.3) is 0 Å². The van der Waals surface area contributed by atoms with Crippen molar-refractivity contribution in [1.82, 2.24) is 5.43 Å². The summed E-state index contributed by atoms with van der Waals surface area (Å²) >= 11 is 0. The van der Waals surface area contributed by atoms with E-state index in [9.17, 15) is 9.59 Å². The largest absolute Gasteiger partial charge is 0.481 e. The molecule has 0 aliphatic carbocycles. The summed E-state index contributed by atoms with van der Waals surface area (Å²) < 4.78 is 0. The van der Waals surface area contributed by atoms with Gasteiger partial charge < -0.3 is 5.11 Å². The molecule has 4 N–H and O–H groups in total. The number of hydrazine groups is 1. The summed E-state index contributed by atoms with van der Waals surface area (Å²) in [6, 6.07) is 0. The van der Waals surface area contributed by atoms with Crippen LogP contribution in [-0.4, -0.2) is 17.0 Å². The summed E-state index contributed by atoms with van der Waals surface area (Å²) in [7, 11) is 0. The van der Waals surface area contributed by atoms with Crippen LogP contribution in [0.2, 0.25) is 0 Å².